The van der Waals surface area contributed by atoms with E-state index in [2.05, 4.69) is 20.6 Å². The standard InChI is InChI=1S/C16H19FN4O/c1-11-9-15(20-14-7-3-2-6-13(14)17)21-16(19-11)18-10-12-5-4-8-22-12/h2-3,6-7,9,12H,4-5,8,10H2,1H3,(H2,18,19,20,21). The Morgan fingerprint density at radius 3 is 2.95 bits per heavy atom. The Hall–Kier alpha value is -2.21. The van der Waals surface area contributed by atoms with Crippen molar-refractivity contribution in [1.29, 1.82) is 0 Å². The summed E-state index contributed by atoms with van der Waals surface area (Å²) >= 11 is 0. The Kier molecular flexibility index (Phi) is 4.48. The lowest BCUT2D eigenvalue weighted by Crippen LogP contribution is -2.20. The maximum absolute atomic E-state index is 13.7. The SMILES string of the molecule is Cc1cc(Nc2ccccc2F)nc(NCC2CCCO2)n1. The summed E-state index contributed by atoms with van der Waals surface area (Å²) in [6.45, 7) is 3.38. The van der Waals surface area contributed by atoms with Gasteiger partial charge in [-0.25, -0.2) is 9.37 Å². The molecule has 0 bridgehead atoms. The molecule has 1 unspecified atom stereocenters. The maximum atomic E-state index is 13.7. The predicted molar refractivity (Wildman–Crippen MR) is 83.9 cm³/mol. The van der Waals surface area contributed by atoms with Crippen LogP contribution >= 0.6 is 0 Å². The summed E-state index contributed by atoms with van der Waals surface area (Å²) in [5, 5.41) is 6.17. The molecule has 3 rings (SSSR count). The van der Waals surface area contributed by atoms with E-state index in [1.165, 1.54) is 6.07 Å². The first-order valence-corrected chi connectivity index (χ1v) is 7.43. The van der Waals surface area contributed by atoms with Gasteiger partial charge in [-0.15, -0.1) is 0 Å². The van der Waals surface area contributed by atoms with Crippen LogP contribution in [0, 0.1) is 12.7 Å². The highest BCUT2D eigenvalue weighted by Gasteiger charge is 2.15. The molecular formula is C16H19FN4O. The van der Waals surface area contributed by atoms with Crippen molar-refractivity contribution in [3.05, 3.63) is 41.8 Å². The van der Waals surface area contributed by atoms with Crippen molar-refractivity contribution in [3.63, 3.8) is 0 Å². The quantitative estimate of drug-likeness (QED) is 0.888. The van der Waals surface area contributed by atoms with Crippen LogP contribution in [0.15, 0.2) is 30.3 Å². The average Bonchev–Trinajstić information content (AvgIpc) is 3.00. The summed E-state index contributed by atoms with van der Waals surface area (Å²) in [6.07, 6.45) is 2.37. The van der Waals surface area contributed by atoms with Gasteiger partial charge in [-0.3, -0.25) is 0 Å². The number of para-hydroxylation sites is 1. The normalized spacial score (nSPS) is 17.5. The number of nitrogens with zero attached hydrogens (tertiary/aromatic N) is 2. The van der Waals surface area contributed by atoms with Gasteiger partial charge in [0.05, 0.1) is 11.8 Å². The lowest BCUT2D eigenvalue weighted by atomic mass is 10.2. The monoisotopic (exact) mass is 302 g/mol. The molecule has 1 aliphatic heterocycles. The van der Waals surface area contributed by atoms with Crippen molar-refractivity contribution in [3.8, 4) is 0 Å². The summed E-state index contributed by atoms with van der Waals surface area (Å²) in [6, 6.07) is 8.29. The highest BCUT2D eigenvalue weighted by Crippen LogP contribution is 2.20. The largest absolute Gasteiger partial charge is 0.376 e. The minimum Gasteiger partial charge on any atom is -0.376 e. The molecule has 0 spiro atoms. The van der Waals surface area contributed by atoms with Crippen LogP contribution in [0.25, 0.3) is 0 Å². The zero-order chi connectivity index (χ0) is 15.4. The second-order valence-corrected chi connectivity index (χ2v) is 5.34. The molecule has 2 aromatic rings. The minimum absolute atomic E-state index is 0.215. The number of aromatic nitrogens is 2. The van der Waals surface area contributed by atoms with Crippen LogP contribution in [0.2, 0.25) is 0 Å². The van der Waals surface area contributed by atoms with Crippen molar-refractivity contribution in [2.24, 2.45) is 0 Å². The van der Waals surface area contributed by atoms with Gasteiger partial charge in [-0.05, 0) is 31.9 Å². The van der Waals surface area contributed by atoms with E-state index < -0.39 is 0 Å². The van der Waals surface area contributed by atoms with Gasteiger partial charge in [0.2, 0.25) is 5.95 Å². The second kappa shape index (κ2) is 6.70. The third-order valence-corrected chi connectivity index (χ3v) is 3.50. The molecule has 0 aliphatic carbocycles. The zero-order valence-corrected chi connectivity index (χ0v) is 12.5. The number of halogens is 1. The maximum Gasteiger partial charge on any atom is 0.224 e. The zero-order valence-electron chi connectivity index (χ0n) is 12.5. The third kappa shape index (κ3) is 3.71. The minimum atomic E-state index is -0.312. The molecule has 2 heterocycles. The highest BCUT2D eigenvalue weighted by atomic mass is 19.1. The molecule has 6 heteroatoms. The molecule has 0 saturated carbocycles. The molecule has 0 radical (unpaired) electrons. The molecule has 0 amide bonds. The number of benzene rings is 1. The highest BCUT2D eigenvalue weighted by molar-refractivity contribution is 5.58. The van der Waals surface area contributed by atoms with Crippen LogP contribution < -0.4 is 10.6 Å². The topological polar surface area (TPSA) is 59.1 Å². The number of anilines is 3. The number of ether oxygens (including phenoxy) is 1. The summed E-state index contributed by atoms with van der Waals surface area (Å²) in [4.78, 5) is 8.72. The number of nitrogens with one attached hydrogen (secondary N) is 2. The smallest absolute Gasteiger partial charge is 0.224 e. The Morgan fingerprint density at radius 1 is 1.32 bits per heavy atom. The fraction of sp³-hybridized carbons (Fsp3) is 0.375. The van der Waals surface area contributed by atoms with Gasteiger partial charge in [-0.1, -0.05) is 12.1 Å². The first kappa shape index (κ1) is 14.7. The third-order valence-electron chi connectivity index (χ3n) is 3.50. The van der Waals surface area contributed by atoms with Crippen LogP contribution in [0.1, 0.15) is 18.5 Å². The van der Waals surface area contributed by atoms with Crippen LogP contribution in [-0.4, -0.2) is 29.2 Å². The summed E-state index contributed by atoms with van der Waals surface area (Å²) in [5.74, 6) is 0.773. The number of rotatable bonds is 5. The average molecular weight is 302 g/mol. The van der Waals surface area contributed by atoms with Crippen LogP contribution in [-0.2, 0) is 4.74 Å². The van der Waals surface area contributed by atoms with Gasteiger partial charge < -0.3 is 15.4 Å². The van der Waals surface area contributed by atoms with Crippen LogP contribution in [0.4, 0.5) is 21.8 Å². The summed E-state index contributed by atoms with van der Waals surface area (Å²) in [5.41, 5.74) is 1.20. The van der Waals surface area contributed by atoms with E-state index in [0.29, 0.717) is 24.0 Å². The molecular weight excluding hydrogens is 283 g/mol. The van der Waals surface area contributed by atoms with Crippen molar-refractivity contribution in [2.75, 3.05) is 23.8 Å². The summed E-state index contributed by atoms with van der Waals surface area (Å²) in [7, 11) is 0. The van der Waals surface area contributed by atoms with E-state index in [-0.39, 0.29) is 11.9 Å². The van der Waals surface area contributed by atoms with Gasteiger partial charge in [0.1, 0.15) is 11.6 Å². The van der Waals surface area contributed by atoms with Crippen LogP contribution in [0.3, 0.4) is 0 Å². The Balaban J connectivity index is 1.70. The lowest BCUT2D eigenvalue weighted by Gasteiger charge is -2.13. The Morgan fingerprint density at radius 2 is 2.18 bits per heavy atom. The van der Waals surface area contributed by atoms with E-state index in [4.69, 9.17) is 4.74 Å². The predicted octanol–water partition coefficient (Wildman–Crippen LogP) is 3.26. The number of hydrogen-bond donors (Lipinski definition) is 2. The molecule has 22 heavy (non-hydrogen) atoms. The fourth-order valence-electron chi connectivity index (χ4n) is 2.42. The first-order chi connectivity index (χ1) is 10.7. The molecule has 1 fully saturated rings. The molecule has 1 saturated heterocycles. The van der Waals surface area contributed by atoms with E-state index in [0.717, 1.165) is 25.1 Å². The molecule has 1 aromatic heterocycles. The van der Waals surface area contributed by atoms with E-state index in [1.54, 1.807) is 24.3 Å². The molecule has 1 aliphatic rings. The second-order valence-electron chi connectivity index (χ2n) is 5.34. The molecule has 1 aromatic carbocycles. The lowest BCUT2D eigenvalue weighted by molar-refractivity contribution is 0.120. The molecule has 2 N–H and O–H groups in total. The van der Waals surface area contributed by atoms with E-state index in [9.17, 15) is 4.39 Å². The molecule has 5 nitrogen and oxygen atoms in total. The Bertz CT molecular complexity index is 644. The number of aryl methyl sites for hydroxylation is 1. The van der Waals surface area contributed by atoms with Crippen LogP contribution in [0.5, 0.6) is 0 Å². The fourth-order valence-corrected chi connectivity index (χ4v) is 2.42. The van der Waals surface area contributed by atoms with Crippen molar-refractivity contribution < 1.29 is 9.13 Å². The van der Waals surface area contributed by atoms with E-state index >= 15 is 0 Å². The van der Waals surface area contributed by atoms with E-state index in [1.807, 2.05) is 6.92 Å². The van der Waals surface area contributed by atoms with Gasteiger partial charge in [0, 0.05) is 24.9 Å². The summed E-state index contributed by atoms with van der Waals surface area (Å²) < 4.78 is 19.3. The first-order valence-electron chi connectivity index (χ1n) is 7.43. The van der Waals surface area contributed by atoms with Gasteiger partial charge in [-0.2, -0.15) is 4.98 Å². The van der Waals surface area contributed by atoms with Gasteiger partial charge in [0.15, 0.2) is 0 Å². The van der Waals surface area contributed by atoms with Crippen molar-refractivity contribution >= 4 is 17.5 Å². The van der Waals surface area contributed by atoms with Crippen molar-refractivity contribution in [1.82, 2.24) is 9.97 Å². The molecule has 1 atom stereocenters. The van der Waals surface area contributed by atoms with Gasteiger partial charge >= 0.3 is 0 Å². The van der Waals surface area contributed by atoms with Gasteiger partial charge in [0.25, 0.3) is 0 Å². The number of hydrogen-bond acceptors (Lipinski definition) is 5. The van der Waals surface area contributed by atoms with Crippen molar-refractivity contribution in [2.45, 2.75) is 25.9 Å². The molecule has 116 valence electrons. The Labute approximate surface area is 128 Å².